The number of piperazine rings is 1. The standard InChI is InChI=1S/C24H31N9O/c1-4-18-13-32(23-22-21(28-24(34)29-23)14-31(30-22)10-7-25)15(2)12-33(18)16(3)17-5-6-19-20(11-17)27-9-8-26-19/h5-6,8-9,11,14-16,18,22-23,30H,4,10,12-13H2,1-3H3,(H2,28,29,34)/t15-,16-,18+,22?,23?/m0/s1. The second kappa shape index (κ2) is 9.18. The smallest absolute Gasteiger partial charge is 0.320 e. The summed E-state index contributed by atoms with van der Waals surface area (Å²) < 4.78 is 0. The Morgan fingerprint density at radius 3 is 2.79 bits per heavy atom. The Morgan fingerprint density at radius 1 is 1.24 bits per heavy atom. The van der Waals surface area contributed by atoms with Crippen LogP contribution in [0.1, 0.15) is 38.8 Å². The second-order valence-electron chi connectivity index (χ2n) is 9.31. The summed E-state index contributed by atoms with van der Waals surface area (Å²) in [7, 11) is 0. The van der Waals surface area contributed by atoms with Gasteiger partial charge in [0.05, 0.1) is 22.8 Å². The van der Waals surface area contributed by atoms with Crippen LogP contribution in [-0.2, 0) is 0 Å². The molecule has 5 rings (SSSR count). The molecule has 2 unspecified atom stereocenters. The first kappa shape index (κ1) is 22.5. The van der Waals surface area contributed by atoms with Crippen LogP contribution in [0.2, 0.25) is 0 Å². The average Bonchev–Trinajstić information content (AvgIpc) is 3.25. The third kappa shape index (κ3) is 4.07. The molecule has 2 fully saturated rings. The van der Waals surface area contributed by atoms with E-state index in [0.29, 0.717) is 6.04 Å². The van der Waals surface area contributed by atoms with Crippen molar-refractivity contribution in [1.82, 2.24) is 40.8 Å². The second-order valence-corrected chi connectivity index (χ2v) is 9.31. The molecule has 0 bridgehead atoms. The Morgan fingerprint density at radius 2 is 2.03 bits per heavy atom. The van der Waals surface area contributed by atoms with E-state index in [1.54, 1.807) is 17.4 Å². The number of fused-ring (bicyclic) bond motifs is 2. The van der Waals surface area contributed by atoms with E-state index in [2.05, 4.69) is 74.8 Å². The highest BCUT2D eigenvalue weighted by Gasteiger charge is 2.45. The molecular formula is C24H31N9O. The number of hydrogen-bond acceptors (Lipinski definition) is 8. The molecule has 4 heterocycles. The maximum atomic E-state index is 12.4. The molecule has 10 nitrogen and oxygen atoms in total. The maximum Gasteiger partial charge on any atom is 0.320 e. The van der Waals surface area contributed by atoms with Gasteiger partial charge in [0.25, 0.3) is 0 Å². The molecule has 3 aliphatic rings. The van der Waals surface area contributed by atoms with Gasteiger partial charge in [-0.1, -0.05) is 13.0 Å². The Bertz CT molecular complexity index is 1140. The van der Waals surface area contributed by atoms with E-state index in [9.17, 15) is 4.79 Å². The van der Waals surface area contributed by atoms with E-state index >= 15 is 0 Å². The maximum absolute atomic E-state index is 12.4. The number of rotatable bonds is 5. The zero-order valence-corrected chi connectivity index (χ0v) is 19.8. The fourth-order valence-corrected chi connectivity index (χ4v) is 5.46. The summed E-state index contributed by atoms with van der Waals surface area (Å²) in [4.78, 5) is 26.3. The Balaban J connectivity index is 1.36. The van der Waals surface area contributed by atoms with Crippen molar-refractivity contribution in [3.8, 4) is 6.07 Å². The molecule has 3 aliphatic heterocycles. The predicted octanol–water partition coefficient (Wildman–Crippen LogP) is 1.67. The predicted molar refractivity (Wildman–Crippen MR) is 128 cm³/mol. The number of nitrogens with zero attached hydrogens (tertiary/aromatic N) is 6. The van der Waals surface area contributed by atoms with Crippen LogP contribution in [0.5, 0.6) is 0 Å². The Labute approximate surface area is 199 Å². The number of nitrogens with one attached hydrogen (secondary N) is 3. The molecule has 10 heteroatoms. The zero-order chi connectivity index (χ0) is 23.8. The van der Waals surface area contributed by atoms with E-state index in [0.717, 1.165) is 36.2 Å². The molecule has 0 spiro atoms. The number of hydrogen-bond donors (Lipinski definition) is 3. The topological polar surface area (TPSA) is 112 Å². The molecule has 34 heavy (non-hydrogen) atoms. The van der Waals surface area contributed by atoms with E-state index in [-0.39, 0.29) is 36.9 Å². The Kier molecular flexibility index (Phi) is 6.08. The van der Waals surface area contributed by atoms with Gasteiger partial charge in [0.2, 0.25) is 0 Å². The summed E-state index contributed by atoms with van der Waals surface area (Å²) in [5, 5.41) is 16.8. The van der Waals surface area contributed by atoms with Crippen LogP contribution in [0, 0.1) is 11.3 Å². The third-order valence-electron chi connectivity index (χ3n) is 7.26. The van der Waals surface area contributed by atoms with Gasteiger partial charge in [-0.25, -0.2) is 10.2 Å². The highest BCUT2D eigenvalue weighted by atomic mass is 16.2. The molecule has 3 N–H and O–H groups in total. The SMILES string of the molecule is CC[C@@H]1CN(C2NC(=O)NC3=CN(CC#N)NC32)[C@@H](C)CN1[C@@H](C)c1ccc2nccnc2c1. The lowest BCUT2D eigenvalue weighted by Gasteiger charge is -2.52. The lowest BCUT2D eigenvalue weighted by molar-refractivity contribution is -0.0280. The molecule has 2 saturated heterocycles. The molecule has 5 atom stereocenters. The molecule has 2 aromatic rings. The zero-order valence-electron chi connectivity index (χ0n) is 19.8. The van der Waals surface area contributed by atoms with Gasteiger partial charge in [0.15, 0.2) is 0 Å². The molecule has 0 aliphatic carbocycles. The van der Waals surface area contributed by atoms with Crippen LogP contribution in [-0.4, -0.2) is 74.7 Å². The number of urea groups is 1. The first-order valence-electron chi connectivity index (χ1n) is 11.9. The highest BCUT2D eigenvalue weighted by molar-refractivity contribution is 5.78. The molecule has 0 radical (unpaired) electrons. The van der Waals surface area contributed by atoms with E-state index in [1.807, 2.05) is 12.3 Å². The van der Waals surface area contributed by atoms with Crippen LogP contribution >= 0.6 is 0 Å². The minimum Gasteiger partial charge on any atom is -0.320 e. The van der Waals surface area contributed by atoms with E-state index < -0.39 is 0 Å². The molecular weight excluding hydrogens is 430 g/mol. The fourth-order valence-electron chi connectivity index (χ4n) is 5.46. The number of carbonyl (C=O) groups excluding carboxylic acids is 1. The van der Waals surface area contributed by atoms with Gasteiger partial charge in [-0.2, -0.15) is 5.26 Å². The van der Waals surface area contributed by atoms with Crippen molar-refractivity contribution in [3.63, 3.8) is 0 Å². The minimum absolute atomic E-state index is 0.117. The number of nitriles is 1. The number of aromatic nitrogens is 2. The lowest BCUT2D eigenvalue weighted by atomic mass is 9.96. The van der Waals surface area contributed by atoms with Crippen molar-refractivity contribution < 1.29 is 4.79 Å². The normalized spacial score (nSPS) is 28.6. The van der Waals surface area contributed by atoms with Gasteiger partial charge in [-0.05, 0) is 38.0 Å². The first-order valence-corrected chi connectivity index (χ1v) is 11.9. The van der Waals surface area contributed by atoms with Gasteiger partial charge >= 0.3 is 6.03 Å². The van der Waals surface area contributed by atoms with Crippen molar-refractivity contribution in [2.75, 3.05) is 19.6 Å². The van der Waals surface area contributed by atoms with Crippen molar-refractivity contribution >= 4 is 17.1 Å². The summed E-state index contributed by atoms with van der Waals surface area (Å²) in [6, 6.07) is 8.96. The van der Waals surface area contributed by atoms with Crippen molar-refractivity contribution in [1.29, 1.82) is 5.26 Å². The van der Waals surface area contributed by atoms with Crippen LogP contribution in [0.4, 0.5) is 4.79 Å². The molecule has 2 amide bonds. The number of carbonyl (C=O) groups is 1. The van der Waals surface area contributed by atoms with Crippen molar-refractivity contribution in [2.45, 2.75) is 57.5 Å². The monoisotopic (exact) mass is 461 g/mol. The highest BCUT2D eigenvalue weighted by Crippen LogP contribution is 2.32. The summed E-state index contributed by atoms with van der Waals surface area (Å²) in [6.45, 7) is 8.64. The number of amides is 2. The van der Waals surface area contributed by atoms with Crippen molar-refractivity contribution in [3.05, 3.63) is 48.1 Å². The summed E-state index contributed by atoms with van der Waals surface area (Å²) in [5.41, 5.74) is 7.22. The largest absolute Gasteiger partial charge is 0.320 e. The lowest BCUT2D eigenvalue weighted by Crippen LogP contribution is -2.71. The van der Waals surface area contributed by atoms with Crippen LogP contribution in [0.25, 0.3) is 11.0 Å². The first-order chi connectivity index (χ1) is 16.5. The van der Waals surface area contributed by atoms with E-state index in [1.165, 1.54) is 5.56 Å². The molecule has 1 aromatic heterocycles. The van der Waals surface area contributed by atoms with Crippen LogP contribution in [0.3, 0.4) is 0 Å². The molecule has 178 valence electrons. The van der Waals surface area contributed by atoms with Gasteiger partial charge in [0.1, 0.15) is 18.8 Å². The number of benzene rings is 1. The minimum atomic E-state index is -0.207. The average molecular weight is 462 g/mol. The third-order valence-corrected chi connectivity index (χ3v) is 7.26. The van der Waals surface area contributed by atoms with Gasteiger partial charge in [0, 0.05) is 49.8 Å². The van der Waals surface area contributed by atoms with Gasteiger partial charge in [-0.15, -0.1) is 0 Å². The molecule has 1 aromatic carbocycles. The fraction of sp³-hybridized carbons (Fsp3) is 0.500. The van der Waals surface area contributed by atoms with E-state index in [4.69, 9.17) is 5.26 Å². The Hall–Kier alpha value is -3.26. The van der Waals surface area contributed by atoms with Crippen LogP contribution < -0.4 is 16.1 Å². The van der Waals surface area contributed by atoms with Crippen LogP contribution in [0.15, 0.2) is 42.5 Å². The molecule has 0 saturated carbocycles. The summed E-state index contributed by atoms with van der Waals surface area (Å²) >= 11 is 0. The number of hydrazine groups is 1. The van der Waals surface area contributed by atoms with Gasteiger partial charge < -0.3 is 10.6 Å². The van der Waals surface area contributed by atoms with Gasteiger partial charge in [-0.3, -0.25) is 24.8 Å². The quantitative estimate of drug-likeness (QED) is 0.577. The summed E-state index contributed by atoms with van der Waals surface area (Å²) in [5.74, 6) is 0. The summed E-state index contributed by atoms with van der Waals surface area (Å²) in [6.07, 6.45) is 6.08. The van der Waals surface area contributed by atoms with Crippen molar-refractivity contribution in [2.24, 2.45) is 0 Å².